The molecule has 0 saturated heterocycles. The molecular weight excluding hydrogens is 304 g/mol. The van der Waals surface area contributed by atoms with Crippen LogP contribution in [0.4, 0.5) is 0 Å². The number of hydrogen-bond donors (Lipinski definition) is 0. The van der Waals surface area contributed by atoms with E-state index < -0.39 is 0 Å². The van der Waals surface area contributed by atoms with Crippen molar-refractivity contribution in [2.24, 2.45) is 0 Å². The molecule has 1 radical (unpaired) electrons. The SMILES string of the molecule is CCCCCCCC(=O)c1ccc(OC(=O)CCCC)c([C]=O)c1. The van der Waals surface area contributed by atoms with Gasteiger partial charge in [0.25, 0.3) is 0 Å². The molecule has 0 heterocycles. The van der Waals surface area contributed by atoms with Crippen molar-refractivity contribution in [2.45, 2.75) is 71.6 Å². The minimum Gasteiger partial charge on any atom is -0.426 e. The fourth-order valence-electron chi connectivity index (χ4n) is 2.40. The van der Waals surface area contributed by atoms with Crippen molar-refractivity contribution in [1.82, 2.24) is 0 Å². The van der Waals surface area contributed by atoms with Gasteiger partial charge in [-0.1, -0.05) is 46.0 Å². The summed E-state index contributed by atoms with van der Waals surface area (Å²) in [6.07, 6.45) is 9.58. The van der Waals surface area contributed by atoms with Gasteiger partial charge in [0.2, 0.25) is 6.29 Å². The van der Waals surface area contributed by atoms with Gasteiger partial charge in [0.05, 0.1) is 5.56 Å². The molecule has 131 valence electrons. The molecule has 4 heteroatoms. The van der Waals surface area contributed by atoms with Crippen LogP contribution < -0.4 is 4.74 Å². The first-order valence-electron chi connectivity index (χ1n) is 8.88. The summed E-state index contributed by atoms with van der Waals surface area (Å²) in [6, 6.07) is 4.58. The number of unbranched alkanes of at least 4 members (excludes halogenated alkanes) is 5. The molecule has 4 nitrogen and oxygen atoms in total. The molecule has 24 heavy (non-hydrogen) atoms. The van der Waals surface area contributed by atoms with Gasteiger partial charge < -0.3 is 4.74 Å². The van der Waals surface area contributed by atoms with Gasteiger partial charge >= 0.3 is 5.97 Å². The maximum absolute atomic E-state index is 12.2. The lowest BCUT2D eigenvalue weighted by atomic mass is 10.0. The zero-order chi connectivity index (χ0) is 17.8. The Morgan fingerprint density at radius 1 is 0.958 bits per heavy atom. The lowest BCUT2D eigenvalue weighted by molar-refractivity contribution is -0.134. The molecule has 0 atom stereocenters. The molecule has 0 aromatic heterocycles. The lowest BCUT2D eigenvalue weighted by Crippen LogP contribution is -2.09. The minimum absolute atomic E-state index is 0.00635. The Hall–Kier alpha value is -1.97. The summed E-state index contributed by atoms with van der Waals surface area (Å²) in [4.78, 5) is 35.0. The van der Waals surface area contributed by atoms with Gasteiger partial charge in [0, 0.05) is 18.4 Å². The van der Waals surface area contributed by atoms with E-state index in [1.807, 2.05) is 6.92 Å². The van der Waals surface area contributed by atoms with Gasteiger partial charge in [0.15, 0.2) is 5.78 Å². The van der Waals surface area contributed by atoms with Gasteiger partial charge in [0.1, 0.15) is 5.75 Å². The normalized spacial score (nSPS) is 10.4. The van der Waals surface area contributed by atoms with Crippen LogP contribution in [-0.2, 0) is 9.59 Å². The van der Waals surface area contributed by atoms with Crippen molar-refractivity contribution in [3.63, 3.8) is 0 Å². The molecule has 0 N–H and O–H groups in total. The van der Waals surface area contributed by atoms with Crippen LogP contribution in [0.3, 0.4) is 0 Å². The number of hydrogen-bond acceptors (Lipinski definition) is 4. The highest BCUT2D eigenvalue weighted by Gasteiger charge is 2.13. The third kappa shape index (κ3) is 7.07. The van der Waals surface area contributed by atoms with Crippen molar-refractivity contribution in [3.8, 4) is 5.75 Å². The predicted octanol–water partition coefficient (Wildman–Crippen LogP) is 4.78. The van der Waals surface area contributed by atoms with Crippen LogP contribution >= 0.6 is 0 Å². The Kier molecular flexibility index (Phi) is 9.66. The first-order chi connectivity index (χ1) is 11.6. The summed E-state index contributed by atoms with van der Waals surface area (Å²) in [5.74, 6) is -0.194. The molecule has 0 spiro atoms. The molecule has 0 saturated carbocycles. The number of carbonyl (C=O) groups is 2. The average Bonchev–Trinajstić information content (AvgIpc) is 2.59. The number of rotatable bonds is 12. The molecule has 1 rings (SSSR count). The van der Waals surface area contributed by atoms with E-state index in [-0.39, 0.29) is 23.1 Å². The minimum atomic E-state index is -0.372. The monoisotopic (exact) mass is 331 g/mol. The maximum atomic E-state index is 12.2. The number of esters is 1. The Bertz CT molecular complexity index is 549. The first kappa shape index (κ1) is 20.1. The van der Waals surface area contributed by atoms with E-state index in [4.69, 9.17) is 4.74 Å². The highest BCUT2D eigenvalue weighted by atomic mass is 16.5. The topological polar surface area (TPSA) is 60.4 Å². The molecule has 0 aliphatic rings. The molecular formula is C20H27O4. The number of ether oxygens (including phenoxy) is 1. The second-order valence-electron chi connectivity index (χ2n) is 5.98. The van der Waals surface area contributed by atoms with Gasteiger partial charge in [-0.3, -0.25) is 14.4 Å². The van der Waals surface area contributed by atoms with Crippen molar-refractivity contribution < 1.29 is 19.1 Å². The fourth-order valence-corrected chi connectivity index (χ4v) is 2.40. The summed E-state index contributed by atoms with van der Waals surface area (Å²) < 4.78 is 5.19. The van der Waals surface area contributed by atoms with Gasteiger partial charge in [-0.2, -0.15) is 0 Å². The standard InChI is InChI=1S/C20H27O4/c1-3-5-7-8-9-10-18(22)16-12-13-19(17(14-16)15-21)24-20(23)11-6-4-2/h12-14H,3-11H2,1-2H3. The van der Waals surface area contributed by atoms with E-state index in [0.717, 1.165) is 32.1 Å². The number of Topliss-reactive ketones (excluding diaryl/α,β-unsaturated/α-hetero) is 1. The second-order valence-corrected chi connectivity index (χ2v) is 5.98. The van der Waals surface area contributed by atoms with Crippen LogP contribution in [-0.4, -0.2) is 18.0 Å². The van der Waals surface area contributed by atoms with Crippen molar-refractivity contribution in [2.75, 3.05) is 0 Å². The molecule has 0 aliphatic carbocycles. The van der Waals surface area contributed by atoms with Crippen LogP contribution in [0, 0.1) is 0 Å². The summed E-state index contributed by atoms with van der Waals surface area (Å²) >= 11 is 0. The van der Waals surface area contributed by atoms with E-state index >= 15 is 0 Å². The third-order valence-electron chi connectivity index (χ3n) is 3.88. The zero-order valence-corrected chi connectivity index (χ0v) is 14.7. The molecule has 0 fully saturated rings. The summed E-state index contributed by atoms with van der Waals surface area (Å²) in [5.41, 5.74) is 0.592. The van der Waals surface area contributed by atoms with Crippen molar-refractivity contribution in [1.29, 1.82) is 0 Å². The Morgan fingerprint density at radius 2 is 1.67 bits per heavy atom. The molecule has 0 unspecified atom stereocenters. The third-order valence-corrected chi connectivity index (χ3v) is 3.88. The first-order valence-corrected chi connectivity index (χ1v) is 8.88. The van der Waals surface area contributed by atoms with Crippen LogP contribution in [0.1, 0.15) is 87.6 Å². The van der Waals surface area contributed by atoms with Crippen molar-refractivity contribution in [3.05, 3.63) is 29.3 Å². The van der Waals surface area contributed by atoms with E-state index in [2.05, 4.69) is 6.92 Å². The van der Waals surface area contributed by atoms with Gasteiger partial charge in [-0.05, 0) is 31.0 Å². The average molecular weight is 331 g/mol. The summed E-state index contributed by atoms with van der Waals surface area (Å²) in [5, 5.41) is 0. The van der Waals surface area contributed by atoms with Crippen LogP contribution in [0.5, 0.6) is 5.75 Å². The van der Waals surface area contributed by atoms with Gasteiger partial charge in [-0.15, -0.1) is 0 Å². The highest BCUT2D eigenvalue weighted by molar-refractivity contribution is 5.98. The van der Waals surface area contributed by atoms with E-state index in [0.29, 0.717) is 18.4 Å². The zero-order valence-electron chi connectivity index (χ0n) is 14.7. The maximum Gasteiger partial charge on any atom is 0.311 e. The smallest absolute Gasteiger partial charge is 0.311 e. The quantitative estimate of drug-likeness (QED) is 0.239. The van der Waals surface area contributed by atoms with Crippen LogP contribution in [0.25, 0.3) is 0 Å². The summed E-state index contributed by atoms with van der Waals surface area (Å²) in [6.45, 7) is 4.14. The van der Waals surface area contributed by atoms with Crippen molar-refractivity contribution >= 4 is 18.0 Å². The summed E-state index contributed by atoms with van der Waals surface area (Å²) in [7, 11) is 0. The Balaban J connectivity index is 2.63. The molecule has 1 aromatic rings. The Morgan fingerprint density at radius 3 is 2.33 bits per heavy atom. The number of carbonyl (C=O) groups excluding carboxylic acids is 3. The predicted molar refractivity (Wildman–Crippen MR) is 94.1 cm³/mol. The van der Waals surface area contributed by atoms with E-state index in [1.165, 1.54) is 25.0 Å². The fraction of sp³-hybridized carbons (Fsp3) is 0.550. The lowest BCUT2D eigenvalue weighted by Gasteiger charge is -2.08. The highest BCUT2D eigenvalue weighted by Crippen LogP contribution is 2.21. The molecule has 0 aliphatic heterocycles. The van der Waals surface area contributed by atoms with Gasteiger partial charge in [-0.25, -0.2) is 0 Å². The van der Waals surface area contributed by atoms with E-state index in [9.17, 15) is 14.4 Å². The van der Waals surface area contributed by atoms with Crippen LogP contribution in [0.2, 0.25) is 0 Å². The van der Waals surface area contributed by atoms with Crippen LogP contribution in [0.15, 0.2) is 18.2 Å². The molecule has 0 amide bonds. The largest absolute Gasteiger partial charge is 0.426 e. The Labute approximate surface area is 144 Å². The molecule has 0 bridgehead atoms. The van der Waals surface area contributed by atoms with E-state index in [1.54, 1.807) is 12.4 Å². The number of ketones is 1. The second kappa shape index (κ2) is 11.5. The molecule has 1 aromatic carbocycles. The number of benzene rings is 1.